The monoisotopic (exact) mass is 232 g/mol. The first-order valence-corrected chi connectivity index (χ1v) is 5.46. The van der Waals surface area contributed by atoms with Gasteiger partial charge in [-0.2, -0.15) is 5.10 Å². The van der Waals surface area contributed by atoms with Gasteiger partial charge in [-0.3, -0.25) is 4.68 Å². The van der Waals surface area contributed by atoms with Gasteiger partial charge in [0.15, 0.2) is 0 Å². The van der Waals surface area contributed by atoms with Crippen molar-refractivity contribution >= 4 is 0 Å². The predicted octanol–water partition coefficient (Wildman–Crippen LogP) is 1.11. The highest BCUT2D eigenvalue weighted by atomic mass is 16.5. The molecule has 0 unspecified atom stereocenters. The molecule has 5 nitrogen and oxygen atoms in total. The Morgan fingerprint density at radius 1 is 1.35 bits per heavy atom. The summed E-state index contributed by atoms with van der Waals surface area (Å²) in [6.07, 6.45) is 1.56. The second-order valence-electron chi connectivity index (χ2n) is 3.75. The van der Waals surface area contributed by atoms with E-state index in [1.54, 1.807) is 18.1 Å². The van der Waals surface area contributed by atoms with Gasteiger partial charge in [-0.1, -0.05) is 12.1 Å². The van der Waals surface area contributed by atoms with Crippen molar-refractivity contribution < 1.29 is 4.74 Å². The van der Waals surface area contributed by atoms with Crippen LogP contribution in [0.2, 0.25) is 0 Å². The third-order valence-electron chi connectivity index (χ3n) is 2.55. The Labute approximate surface area is 100 Å². The van der Waals surface area contributed by atoms with Gasteiger partial charge in [0, 0.05) is 13.6 Å². The average Bonchev–Trinajstić information content (AvgIpc) is 2.76. The Morgan fingerprint density at radius 3 is 2.94 bits per heavy atom. The normalized spacial score (nSPS) is 10.5. The molecule has 0 saturated carbocycles. The van der Waals surface area contributed by atoms with E-state index in [0.717, 1.165) is 18.1 Å². The van der Waals surface area contributed by atoms with Gasteiger partial charge in [-0.25, -0.2) is 4.98 Å². The number of benzene rings is 1. The van der Waals surface area contributed by atoms with Crippen LogP contribution in [0.4, 0.5) is 0 Å². The molecule has 0 aliphatic rings. The van der Waals surface area contributed by atoms with Crippen molar-refractivity contribution in [1.29, 1.82) is 0 Å². The van der Waals surface area contributed by atoms with Gasteiger partial charge in [-0.15, -0.1) is 0 Å². The summed E-state index contributed by atoms with van der Waals surface area (Å²) >= 11 is 0. The molecule has 1 aromatic heterocycles. The summed E-state index contributed by atoms with van der Waals surface area (Å²) in [5.74, 6) is 1.80. The fourth-order valence-corrected chi connectivity index (χ4v) is 1.58. The lowest BCUT2D eigenvalue weighted by atomic mass is 10.2. The SMILES string of the molecule is COc1cccc(CNCc2ncnn2C)c1. The minimum Gasteiger partial charge on any atom is -0.497 e. The Kier molecular flexibility index (Phi) is 3.72. The van der Waals surface area contributed by atoms with Crippen LogP contribution in [-0.2, 0) is 20.1 Å². The molecule has 2 aromatic rings. The van der Waals surface area contributed by atoms with Gasteiger partial charge in [0.1, 0.15) is 17.9 Å². The van der Waals surface area contributed by atoms with Crippen molar-refractivity contribution in [3.8, 4) is 5.75 Å². The lowest BCUT2D eigenvalue weighted by Gasteiger charge is -2.06. The standard InChI is InChI=1S/C12H16N4O/c1-16-12(14-9-15-16)8-13-7-10-4-3-5-11(6-10)17-2/h3-6,9,13H,7-8H2,1-2H3. The Morgan fingerprint density at radius 2 is 2.24 bits per heavy atom. The number of nitrogens with zero attached hydrogens (tertiary/aromatic N) is 3. The fourth-order valence-electron chi connectivity index (χ4n) is 1.58. The second-order valence-corrected chi connectivity index (χ2v) is 3.75. The maximum atomic E-state index is 5.17. The quantitative estimate of drug-likeness (QED) is 0.839. The first-order valence-electron chi connectivity index (χ1n) is 5.46. The van der Waals surface area contributed by atoms with E-state index in [9.17, 15) is 0 Å². The van der Waals surface area contributed by atoms with E-state index in [1.165, 1.54) is 5.56 Å². The molecule has 0 radical (unpaired) electrons. The molecular weight excluding hydrogens is 216 g/mol. The number of methoxy groups -OCH3 is 1. The lowest BCUT2D eigenvalue weighted by molar-refractivity contribution is 0.414. The van der Waals surface area contributed by atoms with Crippen LogP contribution in [0.3, 0.4) is 0 Å². The van der Waals surface area contributed by atoms with Crippen LogP contribution in [0.15, 0.2) is 30.6 Å². The molecule has 0 saturated heterocycles. The first kappa shape index (κ1) is 11.6. The number of hydrogen-bond donors (Lipinski definition) is 1. The van der Waals surface area contributed by atoms with Crippen LogP contribution in [0.1, 0.15) is 11.4 Å². The molecule has 0 spiro atoms. The van der Waals surface area contributed by atoms with Crippen molar-refractivity contribution in [3.05, 3.63) is 42.0 Å². The van der Waals surface area contributed by atoms with Crippen LogP contribution in [0.5, 0.6) is 5.75 Å². The maximum absolute atomic E-state index is 5.17. The van der Waals surface area contributed by atoms with E-state index in [4.69, 9.17) is 4.74 Å². The summed E-state index contributed by atoms with van der Waals surface area (Å²) in [5.41, 5.74) is 1.19. The molecule has 1 aromatic carbocycles. The van der Waals surface area contributed by atoms with Crippen molar-refractivity contribution in [2.45, 2.75) is 13.1 Å². The minimum absolute atomic E-state index is 0.702. The van der Waals surface area contributed by atoms with E-state index < -0.39 is 0 Å². The van der Waals surface area contributed by atoms with Crippen molar-refractivity contribution in [2.75, 3.05) is 7.11 Å². The largest absolute Gasteiger partial charge is 0.497 e. The summed E-state index contributed by atoms with van der Waals surface area (Å²) in [5, 5.41) is 7.33. The highest BCUT2D eigenvalue weighted by molar-refractivity contribution is 5.28. The average molecular weight is 232 g/mol. The number of aryl methyl sites for hydroxylation is 1. The van der Waals surface area contributed by atoms with Crippen molar-refractivity contribution in [2.24, 2.45) is 7.05 Å². The molecular formula is C12H16N4O. The topological polar surface area (TPSA) is 52.0 Å². The van der Waals surface area contributed by atoms with E-state index in [-0.39, 0.29) is 0 Å². The second kappa shape index (κ2) is 5.45. The van der Waals surface area contributed by atoms with Gasteiger partial charge in [0.25, 0.3) is 0 Å². The third kappa shape index (κ3) is 3.04. The molecule has 17 heavy (non-hydrogen) atoms. The molecule has 1 N–H and O–H groups in total. The molecule has 0 bridgehead atoms. The Hall–Kier alpha value is -1.88. The molecule has 0 aliphatic heterocycles. The molecule has 1 heterocycles. The first-order chi connectivity index (χ1) is 8.29. The smallest absolute Gasteiger partial charge is 0.140 e. The number of hydrogen-bond acceptors (Lipinski definition) is 4. The molecule has 90 valence electrons. The van der Waals surface area contributed by atoms with Gasteiger partial charge < -0.3 is 10.1 Å². The van der Waals surface area contributed by atoms with Crippen LogP contribution in [0.25, 0.3) is 0 Å². The number of aromatic nitrogens is 3. The zero-order valence-electron chi connectivity index (χ0n) is 10.1. The van der Waals surface area contributed by atoms with Crippen LogP contribution in [0, 0.1) is 0 Å². The summed E-state index contributed by atoms with van der Waals surface area (Å²) in [4.78, 5) is 4.15. The van der Waals surface area contributed by atoms with E-state index >= 15 is 0 Å². The highest BCUT2D eigenvalue weighted by Gasteiger charge is 2.00. The summed E-state index contributed by atoms with van der Waals surface area (Å²) in [7, 11) is 3.56. The molecule has 5 heteroatoms. The molecule has 0 amide bonds. The van der Waals surface area contributed by atoms with Crippen molar-refractivity contribution in [1.82, 2.24) is 20.1 Å². The van der Waals surface area contributed by atoms with Gasteiger partial charge in [-0.05, 0) is 17.7 Å². The van der Waals surface area contributed by atoms with E-state index in [1.807, 2.05) is 25.2 Å². The summed E-state index contributed by atoms with van der Waals surface area (Å²) < 4.78 is 6.93. The van der Waals surface area contributed by atoms with Crippen LogP contribution in [-0.4, -0.2) is 21.9 Å². The summed E-state index contributed by atoms with van der Waals surface area (Å²) in [6, 6.07) is 8.00. The van der Waals surface area contributed by atoms with Crippen molar-refractivity contribution in [3.63, 3.8) is 0 Å². The van der Waals surface area contributed by atoms with Gasteiger partial charge in [0.2, 0.25) is 0 Å². The number of rotatable bonds is 5. The van der Waals surface area contributed by atoms with Gasteiger partial charge >= 0.3 is 0 Å². The van der Waals surface area contributed by atoms with E-state index in [2.05, 4.69) is 21.5 Å². The Balaban J connectivity index is 1.87. The Bertz CT molecular complexity index is 481. The highest BCUT2D eigenvalue weighted by Crippen LogP contribution is 2.12. The molecule has 0 aliphatic carbocycles. The lowest BCUT2D eigenvalue weighted by Crippen LogP contribution is -2.16. The van der Waals surface area contributed by atoms with Crippen LogP contribution >= 0.6 is 0 Å². The maximum Gasteiger partial charge on any atom is 0.140 e. The minimum atomic E-state index is 0.702. The third-order valence-corrected chi connectivity index (χ3v) is 2.55. The van der Waals surface area contributed by atoms with Gasteiger partial charge in [0.05, 0.1) is 13.7 Å². The fraction of sp³-hybridized carbons (Fsp3) is 0.333. The zero-order chi connectivity index (χ0) is 12.1. The molecule has 0 fully saturated rings. The zero-order valence-corrected chi connectivity index (χ0v) is 10.1. The summed E-state index contributed by atoms with van der Waals surface area (Å²) in [6.45, 7) is 1.48. The predicted molar refractivity (Wildman–Crippen MR) is 64.5 cm³/mol. The molecule has 2 rings (SSSR count). The van der Waals surface area contributed by atoms with Crippen LogP contribution < -0.4 is 10.1 Å². The number of ether oxygens (including phenoxy) is 1. The van der Waals surface area contributed by atoms with E-state index in [0.29, 0.717) is 6.54 Å². The number of nitrogens with one attached hydrogen (secondary N) is 1. The molecule has 0 atom stereocenters.